The van der Waals surface area contributed by atoms with Crippen LogP contribution in [-0.2, 0) is 33.9 Å². The molecule has 3 aromatic carbocycles. The third kappa shape index (κ3) is 6.46. The third-order valence-corrected chi connectivity index (χ3v) is 8.64. The van der Waals surface area contributed by atoms with Crippen LogP contribution in [0.15, 0.2) is 97.6 Å². The number of rotatable bonds is 10. The van der Waals surface area contributed by atoms with Gasteiger partial charge in [-0.3, -0.25) is 19.4 Å². The molecule has 1 N–H and O–H groups in total. The first kappa shape index (κ1) is 30.1. The van der Waals surface area contributed by atoms with E-state index in [0.717, 1.165) is 28.8 Å². The molecule has 0 unspecified atom stereocenters. The first-order chi connectivity index (χ1) is 21.9. The van der Waals surface area contributed by atoms with E-state index in [9.17, 15) is 19.2 Å². The molecule has 3 aromatic rings. The summed E-state index contributed by atoms with van der Waals surface area (Å²) in [7, 11) is 0. The Morgan fingerprint density at radius 3 is 2.31 bits per heavy atom. The van der Waals surface area contributed by atoms with Gasteiger partial charge in [-0.25, -0.2) is 4.79 Å². The molecule has 45 heavy (non-hydrogen) atoms. The fourth-order valence-corrected chi connectivity index (χ4v) is 6.48. The van der Waals surface area contributed by atoms with Gasteiger partial charge >= 0.3 is 6.03 Å². The van der Waals surface area contributed by atoms with Crippen molar-refractivity contribution in [2.75, 3.05) is 31.1 Å². The van der Waals surface area contributed by atoms with E-state index in [2.05, 4.69) is 11.9 Å². The second-order valence-corrected chi connectivity index (χ2v) is 11.6. The van der Waals surface area contributed by atoms with E-state index in [-0.39, 0.29) is 43.4 Å². The summed E-state index contributed by atoms with van der Waals surface area (Å²) in [5.74, 6) is -0.238. The van der Waals surface area contributed by atoms with E-state index < -0.39 is 12.2 Å². The second-order valence-electron chi connectivity index (χ2n) is 11.6. The zero-order chi connectivity index (χ0) is 31.3. The number of benzene rings is 3. The number of hydrazine groups is 1. The third-order valence-electron chi connectivity index (χ3n) is 8.64. The molecule has 3 aliphatic rings. The molecule has 232 valence electrons. The highest BCUT2D eigenvalue weighted by Crippen LogP contribution is 2.31. The minimum absolute atomic E-state index is 0.0315. The molecular weight excluding hydrogens is 568 g/mol. The fraction of sp³-hybridized carbons (Fsp3) is 0.314. The first-order valence-electron chi connectivity index (χ1n) is 15.4. The highest BCUT2D eigenvalue weighted by Gasteiger charge is 2.52. The SMILES string of the molecule is C=CCN(C(=O)NCc1ccccc1)N1CC(=O)N2[C@@H](Cc3ccccc3)C(=O)N(Cc3cccc(N4CCCC4=O)c3)C[C@@H]21. The van der Waals surface area contributed by atoms with Crippen LogP contribution in [0.1, 0.15) is 29.5 Å². The maximum absolute atomic E-state index is 14.2. The molecule has 0 aliphatic carbocycles. The first-order valence-corrected chi connectivity index (χ1v) is 15.4. The lowest BCUT2D eigenvalue weighted by atomic mass is 10.00. The number of piperazine rings is 1. The number of urea groups is 1. The van der Waals surface area contributed by atoms with Crippen molar-refractivity contribution in [3.05, 3.63) is 114 Å². The van der Waals surface area contributed by atoms with Gasteiger partial charge in [-0.05, 0) is 35.2 Å². The maximum atomic E-state index is 14.2. The Morgan fingerprint density at radius 2 is 1.62 bits per heavy atom. The van der Waals surface area contributed by atoms with Gasteiger partial charge < -0.3 is 20.0 Å². The predicted octanol–water partition coefficient (Wildman–Crippen LogP) is 3.55. The van der Waals surface area contributed by atoms with Crippen molar-refractivity contribution in [1.29, 1.82) is 0 Å². The molecule has 3 fully saturated rings. The van der Waals surface area contributed by atoms with Crippen molar-refractivity contribution in [3.63, 3.8) is 0 Å². The Bertz CT molecular complexity index is 1560. The quantitative estimate of drug-likeness (QED) is 0.356. The van der Waals surface area contributed by atoms with Gasteiger partial charge in [0.15, 0.2) is 0 Å². The monoisotopic (exact) mass is 606 g/mol. The Labute approximate surface area is 263 Å². The Kier molecular flexibility index (Phi) is 8.93. The topological polar surface area (TPSA) is 96.5 Å². The number of hydrogen-bond donors (Lipinski definition) is 1. The predicted molar refractivity (Wildman–Crippen MR) is 170 cm³/mol. The summed E-state index contributed by atoms with van der Waals surface area (Å²) >= 11 is 0. The number of nitrogens with zero attached hydrogens (tertiary/aromatic N) is 5. The van der Waals surface area contributed by atoms with Crippen LogP contribution in [0.3, 0.4) is 0 Å². The molecule has 0 aromatic heterocycles. The number of hydrogen-bond acceptors (Lipinski definition) is 5. The van der Waals surface area contributed by atoms with Gasteiger partial charge in [-0.15, -0.1) is 6.58 Å². The van der Waals surface area contributed by atoms with Crippen LogP contribution in [0.2, 0.25) is 0 Å². The minimum Gasteiger partial charge on any atom is -0.333 e. The molecule has 0 spiro atoms. The highest BCUT2D eigenvalue weighted by atomic mass is 16.2. The van der Waals surface area contributed by atoms with Gasteiger partial charge in [0.1, 0.15) is 12.2 Å². The molecule has 3 saturated heterocycles. The number of carbonyl (C=O) groups is 4. The summed E-state index contributed by atoms with van der Waals surface area (Å²) in [6.07, 6.45) is 2.81. The number of carbonyl (C=O) groups excluding carboxylic acids is 4. The van der Waals surface area contributed by atoms with E-state index in [0.29, 0.717) is 32.5 Å². The highest BCUT2D eigenvalue weighted by molar-refractivity contribution is 5.95. The van der Waals surface area contributed by atoms with Gasteiger partial charge in [0, 0.05) is 38.2 Å². The summed E-state index contributed by atoms with van der Waals surface area (Å²) in [5.41, 5.74) is 3.62. The van der Waals surface area contributed by atoms with Gasteiger partial charge in [0.25, 0.3) is 0 Å². The van der Waals surface area contributed by atoms with Crippen molar-refractivity contribution >= 4 is 29.4 Å². The van der Waals surface area contributed by atoms with Crippen LogP contribution in [-0.4, -0.2) is 82.0 Å². The average Bonchev–Trinajstić information content (AvgIpc) is 3.64. The van der Waals surface area contributed by atoms with Crippen LogP contribution in [0.5, 0.6) is 0 Å². The van der Waals surface area contributed by atoms with E-state index in [4.69, 9.17) is 0 Å². The Balaban J connectivity index is 1.28. The van der Waals surface area contributed by atoms with E-state index in [1.807, 2.05) is 84.9 Å². The molecule has 5 amide bonds. The van der Waals surface area contributed by atoms with Crippen LogP contribution < -0.4 is 10.2 Å². The Hall–Kier alpha value is -4.96. The standard InChI is InChI=1S/C35H38N6O4/c1-2-18-39(35(45)36-22-27-13-7-4-8-14-27)40-25-33(43)41-30(21-26-11-5-3-6-12-26)34(44)37(24-31(40)41)23-28-15-9-16-29(20-28)38-19-10-17-32(38)42/h2-9,11-16,20,30-31H,1,10,17-19,21-25H2,(H,36,45)/t30-,31+/m0/s1. The largest absolute Gasteiger partial charge is 0.333 e. The van der Waals surface area contributed by atoms with Crippen molar-refractivity contribution < 1.29 is 19.2 Å². The lowest BCUT2D eigenvalue weighted by Crippen LogP contribution is -2.66. The molecule has 10 heteroatoms. The van der Waals surface area contributed by atoms with Crippen molar-refractivity contribution in [2.45, 2.75) is 44.6 Å². The van der Waals surface area contributed by atoms with E-state index in [1.54, 1.807) is 25.8 Å². The van der Waals surface area contributed by atoms with Crippen molar-refractivity contribution in [1.82, 2.24) is 25.1 Å². The molecule has 3 heterocycles. The smallest absolute Gasteiger partial charge is 0.332 e. The van der Waals surface area contributed by atoms with Gasteiger partial charge in [0.05, 0.1) is 19.6 Å². The number of amides is 5. The van der Waals surface area contributed by atoms with Crippen LogP contribution in [0.4, 0.5) is 10.5 Å². The molecule has 6 rings (SSSR count). The average molecular weight is 607 g/mol. The van der Waals surface area contributed by atoms with Crippen LogP contribution >= 0.6 is 0 Å². The van der Waals surface area contributed by atoms with Crippen molar-refractivity contribution in [3.8, 4) is 0 Å². The zero-order valence-electron chi connectivity index (χ0n) is 25.3. The summed E-state index contributed by atoms with van der Waals surface area (Å²) in [4.78, 5) is 59.0. The summed E-state index contributed by atoms with van der Waals surface area (Å²) < 4.78 is 0. The maximum Gasteiger partial charge on any atom is 0.332 e. The molecule has 0 radical (unpaired) electrons. The molecule has 3 aliphatic heterocycles. The molecule has 0 saturated carbocycles. The fourth-order valence-electron chi connectivity index (χ4n) is 6.48. The number of anilines is 1. The summed E-state index contributed by atoms with van der Waals surface area (Å²) in [6, 6.07) is 26.0. The number of fused-ring (bicyclic) bond motifs is 1. The normalized spacial score (nSPS) is 20.0. The van der Waals surface area contributed by atoms with E-state index >= 15 is 0 Å². The number of nitrogens with one attached hydrogen (secondary N) is 1. The zero-order valence-corrected chi connectivity index (χ0v) is 25.3. The second kappa shape index (κ2) is 13.4. The summed E-state index contributed by atoms with van der Waals surface area (Å²) in [5, 5.41) is 6.26. The summed E-state index contributed by atoms with van der Waals surface area (Å²) in [6.45, 7) is 5.58. The van der Waals surface area contributed by atoms with Gasteiger partial charge in [-0.2, -0.15) is 5.01 Å². The molecular formula is C35H38N6O4. The molecule has 0 bridgehead atoms. The van der Waals surface area contributed by atoms with Gasteiger partial charge in [-0.1, -0.05) is 78.9 Å². The molecule has 2 atom stereocenters. The van der Waals surface area contributed by atoms with Gasteiger partial charge in [0.2, 0.25) is 17.7 Å². The lowest BCUT2D eigenvalue weighted by molar-refractivity contribution is -0.157. The lowest BCUT2D eigenvalue weighted by Gasteiger charge is -2.46. The minimum atomic E-state index is -0.732. The van der Waals surface area contributed by atoms with Crippen LogP contribution in [0.25, 0.3) is 0 Å². The molecule has 10 nitrogen and oxygen atoms in total. The van der Waals surface area contributed by atoms with Crippen LogP contribution in [0, 0.1) is 0 Å². The van der Waals surface area contributed by atoms with Crippen molar-refractivity contribution in [2.24, 2.45) is 0 Å². The van der Waals surface area contributed by atoms with E-state index in [1.165, 1.54) is 5.01 Å². The Morgan fingerprint density at radius 1 is 0.911 bits per heavy atom.